The van der Waals surface area contributed by atoms with E-state index in [1.54, 1.807) is 24.3 Å². The van der Waals surface area contributed by atoms with Crippen molar-refractivity contribution in [2.24, 2.45) is 0 Å². The van der Waals surface area contributed by atoms with Gasteiger partial charge in [-0.25, -0.2) is 4.98 Å². The number of nitrogens with one attached hydrogen (secondary N) is 2. The van der Waals surface area contributed by atoms with E-state index >= 15 is 0 Å². The van der Waals surface area contributed by atoms with E-state index < -0.39 is 29.8 Å². The van der Waals surface area contributed by atoms with Crippen LogP contribution in [-0.4, -0.2) is 32.4 Å². The number of nitrogens with zero attached hydrogens (tertiary/aromatic N) is 2. The highest BCUT2D eigenvalue weighted by Crippen LogP contribution is 2.40. The maximum absolute atomic E-state index is 13.5. The highest BCUT2D eigenvalue weighted by molar-refractivity contribution is 5.85. The summed E-state index contributed by atoms with van der Waals surface area (Å²) in [5.41, 5.74) is 1.75. The molecule has 0 unspecified atom stereocenters. The second-order valence-electron chi connectivity index (χ2n) is 6.81. The molecular formula is C20H15ClF6N4O. The van der Waals surface area contributed by atoms with Crippen molar-refractivity contribution in [2.75, 3.05) is 0 Å². The Labute approximate surface area is 183 Å². The number of imidazole rings is 1. The minimum absolute atomic E-state index is 0. The third-order valence-electron chi connectivity index (χ3n) is 4.65. The Hall–Kier alpha value is -3.21. The fraction of sp³-hybridized carbons (Fsp3) is 0.200. The average molecular weight is 477 g/mol. The van der Waals surface area contributed by atoms with Crippen LogP contribution in [0, 0.1) is 0 Å². The number of rotatable bonds is 4. The summed E-state index contributed by atoms with van der Waals surface area (Å²) in [5, 5.41) is 6.80. The minimum atomic E-state index is -4.92. The Kier molecular flexibility index (Phi) is 6.14. The Morgan fingerprint density at radius 2 is 1.66 bits per heavy atom. The molecule has 0 bridgehead atoms. The molecule has 12 heteroatoms. The van der Waals surface area contributed by atoms with E-state index in [2.05, 4.69) is 24.9 Å². The predicted molar refractivity (Wildman–Crippen MR) is 108 cm³/mol. The minimum Gasteiger partial charge on any atom is -0.481 e. The van der Waals surface area contributed by atoms with Gasteiger partial charge in [-0.1, -0.05) is 6.07 Å². The molecule has 2 N–H and O–H groups in total. The molecule has 0 spiro atoms. The van der Waals surface area contributed by atoms with Crippen LogP contribution in [0.2, 0.25) is 0 Å². The first-order valence-corrected chi connectivity index (χ1v) is 8.96. The van der Waals surface area contributed by atoms with E-state index in [1.165, 1.54) is 12.4 Å². The molecular weight excluding hydrogens is 462 g/mol. The summed E-state index contributed by atoms with van der Waals surface area (Å²) < 4.78 is 83.2. The molecule has 0 aliphatic rings. The van der Waals surface area contributed by atoms with Gasteiger partial charge < -0.3 is 9.72 Å². The molecule has 2 aromatic heterocycles. The largest absolute Gasteiger partial charge is 0.481 e. The van der Waals surface area contributed by atoms with Crippen LogP contribution in [0.15, 0.2) is 48.8 Å². The van der Waals surface area contributed by atoms with Crippen molar-refractivity contribution in [3.63, 3.8) is 0 Å². The number of alkyl halides is 6. The lowest BCUT2D eigenvalue weighted by molar-refractivity contribution is -0.191. The van der Waals surface area contributed by atoms with Crippen LogP contribution in [-0.2, 0) is 6.18 Å². The van der Waals surface area contributed by atoms with Gasteiger partial charge in [-0.15, -0.1) is 12.4 Å². The third-order valence-corrected chi connectivity index (χ3v) is 4.65. The summed E-state index contributed by atoms with van der Waals surface area (Å²) in [5.74, 6) is -0.901. The highest BCUT2D eigenvalue weighted by Gasteiger charge is 2.41. The molecule has 0 saturated heterocycles. The molecule has 1 atom stereocenters. The molecule has 0 aliphatic carbocycles. The van der Waals surface area contributed by atoms with Crippen LogP contribution in [0.1, 0.15) is 12.5 Å². The Bertz CT molecular complexity index is 1230. The van der Waals surface area contributed by atoms with Gasteiger partial charge in [0.1, 0.15) is 5.75 Å². The molecule has 0 radical (unpaired) electrons. The van der Waals surface area contributed by atoms with Crippen LogP contribution in [0.3, 0.4) is 0 Å². The standard InChI is InChI=1S/C20H14F6N4O.ClH/c1-10(19(21,22)23)31-18-5-3-11(6-13(18)20(24,25)26)15-8-16(30-29-15)12-2-4-14-17(7-12)28-9-27-14;/h2-10H,1H3,(H,27,28)(H,29,30);1H/t10-;/m1./s1. The van der Waals surface area contributed by atoms with Gasteiger partial charge in [0.2, 0.25) is 0 Å². The van der Waals surface area contributed by atoms with Crippen molar-refractivity contribution in [3.05, 3.63) is 54.4 Å². The molecule has 0 amide bonds. The molecule has 5 nitrogen and oxygen atoms in total. The van der Waals surface area contributed by atoms with Crippen molar-refractivity contribution < 1.29 is 31.1 Å². The van der Waals surface area contributed by atoms with Gasteiger partial charge in [0.15, 0.2) is 6.10 Å². The number of aromatic nitrogens is 4. The third kappa shape index (κ3) is 4.67. The normalized spacial score (nSPS) is 13.1. The van der Waals surface area contributed by atoms with Gasteiger partial charge >= 0.3 is 12.4 Å². The van der Waals surface area contributed by atoms with Gasteiger partial charge in [0.05, 0.1) is 34.3 Å². The number of ether oxygens (including phenoxy) is 1. The smallest absolute Gasteiger partial charge is 0.425 e. The summed E-state index contributed by atoms with van der Waals surface area (Å²) in [7, 11) is 0. The second-order valence-corrected chi connectivity index (χ2v) is 6.81. The number of hydrogen-bond donors (Lipinski definition) is 2. The van der Waals surface area contributed by atoms with Gasteiger partial charge in [-0.05, 0) is 43.3 Å². The molecule has 0 aliphatic heterocycles. The maximum atomic E-state index is 13.5. The summed E-state index contributed by atoms with van der Waals surface area (Å²) in [6.07, 6.45) is -10.6. The van der Waals surface area contributed by atoms with Gasteiger partial charge in [-0.3, -0.25) is 5.10 Å². The topological polar surface area (TPSA) is 66.6 Å². The van der Waals surface area contributed by atoms with E-state index in [0.29, 0.717) is 12.6 Å². The lowest BCUT2D eigenvalue weighted by atomic mass is 10.0. The van der Waals surface area contributed by atoms with Crippen LogP contribution in [0.5, 0.6) is 5.75 Å². The zero-order valence-corrected chi connectivity index (χ0v) is 17.0. The van der Waals surface area contributed by atoms with E-state index in [-0.39, 0.29) is 23.7 Å². The summed E-state index contributed by atoms with van der Waals surface area (Å²) in [4.78, 5) is 7.07. The summed E-state index contributed by atoms with van der Waals surface area (Å²) in [6, 6.07) is 9.71. The number of aromatic amines is 2. The summed E-state index contributed by atoms with van der Waals surface area (Å²) in [6.45, 7) is 0.643. The fourth-order valence-electron chi connectivity index (χ4n) is 2.99. The van der Waals surface area contributed by atoms with Crippen molar-refractivity contribution in [1.82, 2.24) is 20.2 Å². The van der Waals surface area contributed by atoms with E-state index in [4.69, 9.17) is 0 Å². The van der Waals surface area contributed by atoms with E-state index in [1.807, 2.05) is 0 Å². The van der Waals surface area contributed by atoms with Gasteiger partial charge in [0, 0.05) is 11.1 Å². The lowest BCUT2D eigenvalue weighted by Gasteiger charge is -2.21. The lowest BCUT2D eigenvalue weighted by Crippen LogP contribution is -2.31. The predicted octanol–water partition coefficient (Wildman–Crippen LogP) is 6.39. The second kappa shape index (κ2) is 8.38. The van der Waals surface area contributed by atoms with Crippen LogP contribution >= 0.6 is 12.4 Å². The van der Waals surface area contributed by atoms with E-state index in [9.17, 15) is 26.3 Å². The number of hydrogen-bond acceptors (Lipinski definition) is 3. The average Bonchev–Trinajstić information content (AvgIpc) is 3.35. The molecule has 0 fully saturated rings. The summed E-state index contributed by atoms with van der Waals surface area (Å²) >= 11 is 0. The van der Waals surface area contributed by atoms with Crippen molar-refractivity contribution >= 4 is 23.4 Å². The quantitative estimate of drug-likeness (QED) is 0.335. The first-order valence-electron chi connectivity index (χ1n) is 8.96. The fourth-order valence-corrected chi connectivity index (χ4v) is 2.99. The molecule has 2 heterocycles. The molecule has 2 aromatic carbocycles. The molecule has 170 valence electrons. The van der Waals surface area contributed by atoms with Crippen molar-refractivity contribution in [1.29, 1.82) is 0 Å². The van der Waals surface area contributed by atoms with Crippen LogP contribution in [0.4, 0.5) is 26.3 Å². The van der Waals surface area contributed by atoms with Gasteiger partial charge in [-0.2, -0.15) is 31.4 Å². The molecule has 0 saturated carbocycles. The van der Waals surface area contributed by atoms with Crippen LogP contribution < -0.4 is 4.74 Å². The Balaban J connectivity index is 0.00000289. The first-order chi connectivity index (χ1) is 14.5. The maximum Gasteiger partial charge on any atom is 0.425 e. The first kappa shape index (κ1) is 23.5. The monoisotopic (exact) mass is 476 g/mol. The zero-order valence-electron chi connectivity index (χ0n) is 16.2. The SMILES string of the molecule is C[C@@H](Oc1ccc(-c2cc(-c3ccc4nc[nH]c4c3)[nH]n2)cc1C(F)(F)F)C(F)(F)F.Cl. The molecule has 32 heavy (non-hydrogen) atoms. The molecule has 4 rings (SSSR count). The number of fused-ring (bicyclic) bond motifs is 1. The Morgan fingerprint density at radius 3 is 2.34 bits per heavy atom. The zero-order chi connectivity index (χ0) is 22.4. The Morgan fingerprint density at radius 1 is 0.938 bits per heavy atom. The highest BCUT2D eigenvalue weighted by atomic mass is 35.5. The van der Waals surface area contributed by atoms with Gasteiger partial charge in [0.25, 0.3) is 0 Å². The van der Waals surface area contributed by atoms with Crippen molar-refractivity contribution in [2.45, 2.75) is 25.4 Å². The van der Waals surface area contributed by atoms with Crippen molar-refractivity contribution in [3.8, 4) is 28.3 Å². The number of benzene rings is 2. The van der Waals surface area contributed by atoms with E-state index in [0.717, 1.165) is 28.7 Å². The number of halogens is 7. The van der Waals surface area contributed by atoms with Crippen LogP contribution in [0.25, 0.3) is 33.5 Å². The number of H-pyrrole nitrogens is 2. The molecule has 4 aromatic rings.